The van der Waals surface area contributed by atoms with E-state index < -0.39 is 0 Å². The summed E-state index contributed by atoms with van der Waals surface area (Å²) in [5.41, 5.74) is 1.48. The molecule has 0 fully saturated rings. The fourth-order valence-electron chi connectivity index (χ4n) is 1.82. The third-order valence-corrected chi connectivity index (χ3v) is 2.78. The maximum absolute atomic E-state index is 11.8. The molecule has 3 rings (SSSR count). The number of hydrogen-bond donors (Lipinski definition) is 2. The van der Waals surface area contributed by atoms with Crippen molar-refractivity contribution < 1.29 is 0 Å². The van der Waals surface area contributed by atoms with Crippen molar-refractivity contribution in [3.05, 3.63) is 52.4 Å². The number of para-hydroxylation sites is 1. The van der Waals surface area contributed by atoms with E-state index in [0.717, 1.165) is 11.4 Å². The van der Waals surface area contributed by atoms with E-state index in [1.54, 1.807) is 0 Å². The normalized spacial score (nSPS) is 10.8. The third kappa shape index (κ3) is 2.20. The highest BCUT2D eigenvalue weighted by Crippen LogP contribution is 2.11. The molecule has 0 bridgehead atoms. The Morgan fingerprint density at radius 1 is 1.26 bits per heavy atom. The number of H-pyrrole nitrogens is 1. The van der Waals surface area contributed by atoms with Crippen LogP contribution in [0, 0.1) is 0 Å². The Balaban J connectivity index is 2.02. The van der Waals surface area contributed by atoms with Crippen molar-refractivity contribution in [2.75, 3.05) is 5.32 Å². The quantitative estimate of drug-likeness (QED) is 0.747. The van der Waals surface area contributed by atoms with Crippen LogP contribution in [-0.4, -0.2) is 19.6 Å². The van der Waals surface area contributed by atoms with Gasteiger partial charge in [-0.2, -0.15) is 9.50 Å². The summed E-state index contributed by atoms with van der Waals surface area (Å²) >= 11 is 0. The first-order valence-electron chi connectivity index (χ1n) is 6.07. The summed E-state index contributed by atoms with van der Waals surface area (Å²) in [6, 6.07) is 11.1. The lowest BCUT2D eigenvalue weighted by molar-refractivity contribution is 0.877. The van der Waals surface area contributed by atoms with Gasteiger partial charge in [-0.05, 0) is 18.6 Å². The largest absolute Gasteiger partial charge is 0.325 e. The van der Waals surface area contributed by atoms with Crippen molar-refractivity contribution in [1.82, 2.24) is 19.6 Å². The molecule has 0 saturated heterocycles. The molecule has 0 aliphatic heterocycles. The van der Waals surface area contributed by atoms with Crippen LogP contribution in [0.1, 0.15) is 12.6 Å². The zero-order valence-electron chi connectivity index (χ0n) is 10.4. The molecule has 0 aliphatic rings. The van der Waals surface area contributed by atoms with Crippen LogP contribution in [-0.2, 0) is 6.42 Å². The van der Waals surface area contributed by atoms with E-state index in [9.17, 15) is 4.79 Å². The van der Waals surface area contributed by atoms with Crippen LogP contribution in [0.5, 0.6) is 0 Å². The second-order valence-corrected chi connectivity index (χ2v) is 4.14. The van der Waals surface area contributed by atoms with Crippen LogP contribution in [0.25, 0.3) is 5.78 Å². The minimum Gasteiger partial charge on any atom is -0.325 e. The molecule has 19 heavy (non-hydrogen) atoms. The summed E-state index contributed by atoms with van der Waals surface area (Å²) in [6.45, 7) is 1.95. The summed E-state index contributed by atoms with van der Waals surface area (Å²) in [5.74, 6) is 0.867. The molecule has 0 unspecified atom stereocenters. The molecule has 2 heterocycles. The Kier molecular flexibility index (Phi) is 2.75. The Hall–Kier alpha value is -2.63. The number of nitrogens with one attached hydrogen (secondary N) is 2. The molecule has 0 radical (unpaired) electrons. The molecule has 96 valence electrons. The number of aryl methyl sites for hydroxylation is 1. The Labute approximate surface area is 109 Å². The number of hydrogen-bond acceptors (Lipinski definition) is 4. The molecule has 0 atom stereocenters. The van der Waals surface area contributed by atoms with Crippen LogP contribution in [0.2, 0.25) is 0 Å². The van der Waals surface area contributed by atoms with Crippen molar-refractivity contribution in [2.24, 2.45) is 0 Å². The Morgan fingerprint density at radius 3 is 2.79 bits per heavy atom. The van der Waals surface area contributed by atoms with Crippen molar-refractivity contribution >= 4 is 17.4 Å². The fourth-order valence-corrected chi connectivity index (χ4v) is 1.82. The van der Waals surface area contributed by atoms with Gasteiger partial charge in [-0.15, -0.1) is 0 Å². The predicted octanol–water partition coefficient (Wildman–Crippen LogP) is 1.72. The van der Waals surface area contributed by atoms with E-state index in [0.29, 0.717) is 18.1 Å². The van der Waals surface area contributed by atoms with Gasteiger partial charge in [0.25, 0.3) is 11.3 Å². The molecule has 0 spiro atoms. The average Bonchev–Trinajstić information content (AvgIpc) is 2.83. The van der Waals surface area contributed by atoms with E-state index in [2.05, 4.69) is 20.4 Å². The van der Waals surface area contributed by atoms with Gasteiger partial charge >= 0.3 is 0 Å². The predicted molar refractivity (Wildman–Crippen MR) is 72.7 cm³/mol. The van der Waals surface area contributed by atoms with E-state index in [1.807, 2.05) is 37.3 Å². The number of anilines is 2. The molecular formula is C13H13N5O. The fraction of sp³-hybridized carbons (Fsp3) is 0.154. The molecule has 1 aromatic carbocycles. The van der Waals surface area contributed by atoms with E-state index in [-0.39, 0.29) is 5.56 Å². The van der Waals surface area contributed by atoms with Crippen molar-refractivity contribution in [2.45, 2.75) is 13.3 Å². The molecule has 0 amide bonds. The van der Waals surface area contributed by atoms with Crippen molar-refractivity contribution in [1.29, 1.82) is 0 Å². The highest BCUT2D eigenvalue weighted by Gasteiger charge is 2.07. The van der Waals surface area contributed by atoms with Crippen molar-refractivity contribution in [3.63, 3.8) is 0 Å². The molecular weight excluding hydrogens is 242 g/mol. The molecule has 3 aromatic rings. The Morgan fingerprint density at radius 2 is 2.05 bits per heavy atom. The first-order valence-corrected chi connectivity index (χ1v) is 6.07. The average molecular weight is 255 g/mol. The maximum atomic E-state index is 11.8. The van der Waals surface area contributed by atoms with Gasteiger partial charge in [0, 0.05) is 17.4 Å². The summed E-state index contributed by atoms with van der Waals surface area (Å²) in [4.78, 5) is 20.4. The lowest BCUT2D eigenvalue weighted by atomic mass is 10.3. The van der Waals surface area contributed by atoms with Crippen LogP contribution in [0.3, 0.4) is 0 Å². The zero-order chi connectivity index (χ0) is 13.2. The molecule has 2 N–H and O–H groups in total. The topological polar surface area (TPSA) is 75.1 Å². The van der Waals surface area contributed by atoms with Gasteiger partial charge in [-0.3, -0.25) is 9.89 Å². The van der Waals surface area contributed by atoms with Gasteiger partial charge in [0.2, 0.25) is 5.95 Å². The number of fused-ring (bicyclic) bond motifs is 1. The minimum absolute atomic E-state index is 0.157. The van der Waals surface area contributed by atoms with Gasteiger partial charge in [0.05, 0.1) is 0 Å². The smallest absolute Gasteiger partial charge is 0.274 e. The van der Waals surface area contributed by atoms with Crippen LogP contribution < -0.4 is 10.9 Å². The van der Waals surface area contributed by atoms with E-state index >= 15 is 0 Å². The number of aromatic amines is 1. The first-order chi connectivity index (χ1) is 9.26. The number of aromatic nitrogens is 4. The molecule has 0 saturated carbocycles. The number of nitrogens with zero attached hydrogens (tertiary/aromatic N) is 3. The van der Waals surface area contributed by atoms with E-state index in [4.69, 9.17) is 0 Å². The molecule has 0 aliphatic carbocycles. The van der Waals surface area contributed by atoms with Gasteiger partial charge in [-0.1, -0.05) is 25.1 Å². The Bertz CT molecular complexity index is 760. The second-order valence-electron chi connectivity index (χ2n) is 4.14. The van der Waals surface area contributed by atoms with Gasteiger partial charge < -0.3 is 5.32 Å². The lowest BCUT2D eigenvalue weighted by Gasteiger charge is -1.99. The zero-order valence-corrected chi connectivity index (χ0v) is 10.4. The lowest BCUT2D eigenvalue weighted by Crippen LogP contribution is -2.15. The first kappa shape index (κ1) is 11.5. The highest BCUT2D eigenvalue weighted by atomic mass is 16.1. The van der Waals surface area contributed by atoms with Crippen LogP contribution >= 0.6 is 0 Å². The maximum Gasteiger partial charge on any atom is 0.274 e. The number of rotatable bonds is 3. The third-order valence-electron chi connectivity index (χ3n) is 2.78. The highest BCUT2D eigenvalue weighted by molar-refractivity contribution is 5.54. The van der Waals surface area contributed by atoms with Crippen LogP contribution in [0.15, 0.2) is 41.2 Å². The minimum atomic E-state index is -0.157. The molecule has 6 heteroatoms. The van der Waals surface area contributed by atoms with Gasteiger partial charge in [-0.25, -0.2) is 4.98 Å². The summed E-state index contributed by atoms with van der Waals surface area (Å²) in [5, 5.41) is 5.97. The summed E-state index contributed by atoms with van der Waals surface area (Å²) in [7, 11) is 0. The SMILES string of the molecule is CCc1cc(=O)n2[nH]c(Nc3ccccc3)nc2n1. The van der Waals surface area contributed by atoms with Gasteiger partial charge in [0.15, 0.2) is 0 Å². The molecule has 2 aromatic heterocycles. The summed E-state index contributed by atoms with van der Waals surface area (Å²) < 4.78 is 1.32. The summed E-state index contributed by atoms with van der Waals surface area (Å²) in [6.07, 6.45) is 0.708. The van der Waals surface area contributed by atoms with Crippen molar-refractivity contribution in [3.8, 4) is 0 Å². The van der Waals surface area contributed by atoms with Gasteiger partial charge in [0.1, 0.15) is 0 Å². The number of benzene rings is 1. The molecule has 6 nitrogen and oxygen atoms in total. The van der Waals surface area contributed by atoms with E-state index in [1.165, 1.54) is 10.6 Å². The standard InChI is InChI=1S/C13H13N5O/c1-2-9-8-11(19)18-13(15-9)16-12(17-18)14-10-6-4-3-5-7-10/h3-8H,2H2,1H3,(H2,14,15,16,17). The monoisotopic (exact) mass is 255 g/mol. The second kappa shape index (κ2) is 4.56. The van der Waals surface area contributed by atoms with Crippen LogP contribution in [0.4, 0.5) is 11.6 Å².